The van der Waals surface area contributed by atoms with E-state index in [1.165, 1.54) is 0 Å². The van der Waals surface area contributed by atoms with Gasteiger partial charge in [0.05, 0.1) is 13.1 Å². The molecule has 1 aromatic rings. The van der Waals surface area contributed by atoms with Crippen LogP contribution in [0.1, 0.15) is 57.6 Å². The smallest absolute Gasteiger partial charge is 0.242 e. The Kier molecular flexibility index (Phi) is 8.85. The lowest BCUT2D eigenvalue weighted by Crippen LogP contribution is -2.44. The van der Waals surface area contributed by atoms with Crippen LogP contribution in [0.5, 0.6) is 0 Å². The Morgan fingerprint density at radius 2 is 2.00 bits per heavy atom. The first kappa shape index (κ1) is 21.5. The molecule has 27 heavy (non-hydrogen) atoms. The summed E-state index contributed by atoms with van der Waals surface area (Å²) in [5.41, 5.74) is 1.12. The number of aromatic nitrogens is 1. The van der Waals surface area contributed by atoms with Gasteiger partial charge in [0.2, 0.25) is 11.8 Å². The van der Waals surface area contributed by atoms with E-state index in [1.54, 1.807) is 12.0 Å². The van der Waals surface area contributed by atoms with Gasteiger partial charge in [0.1, 0.15) is 0 Å². The van der Waals surface area contributed by atoms with Gasteiger partial charge in [0, 0.05) is 51.7 Å². The van der Waals surface area contributed by atoms with E-state index in [9.17, 15) is 9.59 Å². The van der Waals surface area contributed by atoms with Gasteiger partial charge < -0.3 is 19.1 Å². The minimum absolute atomic E-state index is 0.0555. The first-order valence-electron chi connectivity index (χ1n) is 10.2. The minimum Gasteiger partial charge on any atom is -0.385 e. The van der Waals surface area contributed by atoms with Crippen LogP contribution in [0.3, 0.4) is 0 Å². The highest BCUT2D eigenvalue weighted by atomic mass is 16.5. The van der Waals surface area contributed by atoms with E-state index in [0.29, 0.717) is 32.2 Å². The molecule has 1 fully saturated rings. The zero-order valence-electron chi connectivity index (χ0n) is 17.2. The van der Waals surface area contributed by atoms with E-state index in [1.807, 2.05) is 24.2 Å². The molecule has 0 saturated heterocycles. The molecule has 1 aliphatic carbocycles. The highest BCUT2D eigenvalue weighted by molar-refractivity contribution is 5.85. The number of hydrogen-bond acceptors (Lipinski definition) is 3. The third-order valence-corrected chi connectivity index (χ3v) is 5.14. The number of hydrogen-bond donors (Lipinski definition) is 0. The van der Waals surface area contributed by atoms with Crippen LogP contribution in [0.25, 0.3) is 0 Å². The van der Waals surface area contributed by atoms with E-state index < -0.39 is 0 Å². The van der Waals surface area contributed by atoms with Gasteiger partial charge in [-0.1, -0.05) is 19.8 Å². The number of carbonyl (C=O) groups excluding carboxylic acids is 2. The lowest BCUT2D eigenvalue weighted by molar-refractivity contribution is -0.141. The Morgan fingerprint density at radius 3 is 2.59 bits per heavy atom. The molecule has 1 saturated carbocycles. The topological polar surface area (TPSA) is 54.8 Å². The van der Waals surface area contributed by atoms with Crippen molar-refractivity contribution in [2.24, 2.45) is 7.05 Å². The molecule has 0 bridgehead atoms. The average molecular weight is 378 g/mol. The number of unbranched alkanes of at least 4 members (excludes halogenated alkanes) is 2. The maximum absolute atomic E-state index is 13.0. The SMILES string of the molecule is CCCCCC(=O)N(CCCOC)CC(=O)N(Cc1cccn1C)C1CC1. The standard InChI is InChI=1S/C21H35N3O3/c1-4-5-6-10-20(25)23(14-8-15-27-3)17-21(26)24(18-11-12-18)16-19-9-7-13-22(19)2/h7,9,13,18H,4-6,8,10-12,14-17H2,1-3H3. The molecule has 152 valence electrons. The lowest BCUT2D eigenvalue weighted by atomic mass is 10.2. The average Bonchev–Trinajstić information content (AvgIpc) is 3.41. The summed E-state index contributed by atoms with van der Waals surface area (Å²) in [6, 6.07) is 4.37. The molecule has 1 heterocycles. The summed E-state index contributed by atoms with van der Waals surface area (Å²) in [5.74, 6) is 0.141. The summed E-state index contributed by atoms with van der Waals surface area (Å²) in [5, 5.41) is 0. The molecule has 1 aliphatic rings. The third-order valence-electron chi connectivity index (χ3n) is 5.14. The van der Waals surface area contributed by atoms with Crippen molar-refractivity contribution in [2.75, 3.05) is 26.8 Å². The number of methoxy groups -OCH3 is 1. The highest BCUT2D eigenvalue weighted by Crippen LogP contribution is 2.28. The molecule has 0 atom stereocenters. The Morgan fingerprint density at radius 1 is 1.22 bits per heavy atom. The van der Waals surface area contributed by atoms with Crippen molar-refractivity contribution < 1.29 is 14.3 Å². The van der Waals surface area contributed by atoms with E-state index in [-0.39, 0.29) is 18.4 Å². The second-order valence-corrected chi connectivity index (χ2v) is 7.48. The van der Waals surface area contributed by atoms with Gasteiger partial charge in [0.15, 0.2) is 0 Å². The molecule has 2 rings (SSSR count). The molecule has 2 amide bonds. The van der Waals surface area contributed by atoms with Gasteiger partial charge in [-0.2, -0.15) is 0 Å². The first-order valence-corrected chi connectivity index (χ1v) is 10.2. The van der Waals surface area contributed by atoms with Gasteiger partial charge in [-0.3, -0.25) is 9.59 Å². The normalized spacial score (nSPS) is 13.6. The Balaban J connectivity index is 1.98. The maximum Gasteiger partial charge on any atom is 0.242 e. The fourth-order valence-electron chi connectivity index (χ4n) is 3.27. The molecule has 6 heteroatoms. The van der Waals surface area contributed by atoms with Crippen molar-refractivity contribution in [3.05, 3.63) is 24.0 Å². The van der Waals surface area contributed by atoms with Gasteiger partial charge in [-0.05, 0) is 37.8 Å². The highest BCUT2D eigenvalue weighted by Gasteiger charge is 2.34. The van der Waals surface area contributed by atoms with E-state index >= 15 is 0 Å². The Bertz CT molecular complexity index is 595. The fourth-order valence-corrected chi connectivity index (χ4v) is 3.27. The fraction of sp³-hybridized carbons (Fsp3) is 0.714. The summed E-state index contributed by atoms with van der Waals surface area (Å²) >= 11 is 0. The predicted octanol–water partition coefficient (Wildman–Crippen LogP) is 2.96. The molecule has 0 unspecified atom stereocenters. The van der Waals surface area contributed by atoms with Crippen LogP contribution in [-0.4, -0.2) is 59.0 Å². The van der Waals surface area contributed by atoms with Crippen LogP contribution in [0.4, 0.5) is 0 Å². The number of aryl methyl sites for hydroxylation is 1. The Labute approximate surface area is 163 Å². The molecule has 0 aromatic carbocycles. The van der Waals surface area contributed by atoms with Crippen molar-refractivity contribution in [1.29, 1.82) is 0 Å². The third kappa shape index (κ3) is 7.01. The number of nitrogens with zero attached hydrogens (tertiary/aromatic N) is 3. The van der Waals surface area contributed by atoms with E-state index in [0.717, 1.165) is 44.2 Å². The predicted molar refractivity (Wildman–Crippen MR) is 106 cm³/mol. The first-order chi connectivity index (χ1) is 13.1. The van der Waals surface area contributed by atoms with Crippen molar-refractivity contribution in [3.63, 3.8) is 0 Å². The van der Waals surface area contributed by atoms with Gasteiger partial charge >= 0.3 is 0 Å². The molecule has 1 aromatic heterocycles. The van der Waals surface area contributed by atoms with Gasteiger partial charge in [0.25, 0.3) is 0 Å². The number of ether oxygens (including phenoxy) is 1. The zero-order valence-corrected chi connectivity index (χ0v) is 17.2. The summed E-state index contributed by atoms with van der Waals surface area (Å²) in [4.78, 5) is 29.4. The van der Waals surface area contributed by atoms with Gasteiger partial charge in [-0.25, -0.2) is 0 Å². The molecule has 0 aliphatic heterocycles. The van der Waals surface area contributed by atoms with Gasteiger partial charge in [-0.15, -0.1) is 0 Å². The lowest BCUT2D eigenvalue weighted by Gasteiger charge is -2.28. The monoisotopic (exact) mass is 377 g/mol. The summed E-state index contributed by atoms with van der Waals surface area (Å²) < 4.78 is 7.17. The largest absolute Gasteiger partial charge is 0.385 e. The molecule has 6 nitrogen and oxygen atoms in total. The van der Waals surface area contributed by atoms with Crippen molar-refractivity contribution in [2.45, 2.75) is 64.5 Å². The molecular weight excluding hydrogens is 342 g/mol. The van der Waals surface area contributed by atoms with Crippen molar-refractivity contribution in [1.82, 2.24) is 14.4 Å². The van der Waals surface area contributed by atoms with Crippen LogP contribution in [-0.2, 0) is 27.9 Å². The Hall–Kier alpha value is -1.82. The van der Waals surface area contributed by atoms with Crippen molar-refractivity contribution >= 4 is 11.8 Å². The summed E-state index contributed by atoms with van der Waals surface area (Å²) in [7, 11) is 3.66. The molecular formula is C21H35N3O3. The summed E-state index contributed by atoms with van der Waals surface area (Å²) in [6.07, 6.45) is 8.42. The van der Waals surface area contributed by atoms with Crippen LogP contribution in [0.2, 0.25) is 0 Å². The second kappa shape index (κ2) is 11.1. The number of carbonyl (C=O) groups is 2. The molecule has 0 N–H and O–H groups in total. The van der Waals surface area contributed by atoms with Crippen LogP contribution < -0.4 is 0 Å². The van der Waals surface area contributed by atoms with Crippen molar-refractivity contribution in [3.8, 4) is 0 Å². The van der Waals surface area contributed by atoms with E-state index in [4.69, 9.17) is 4.74 Å². The maximum atomic E-state index is 13.0. The minimum atomic E-state index is 0.0555. The quantitative estimate of drug-likeness (QED) is 0.497. The number of amides is 2. The second-order valence-electron chi connectivity index (χ2n) is 7.48. The molecule has 0 radical (unpaired) electrons. The van der Waals surface area contributed by atoms with Crippen LogP contribution >= 0.6 is 0 Å². The summed E-state index contributed by atoms with van der Waals surface area (Å²) in [6.45, 7) is 4.09. The zero-order chi connectivity index (χ0) is 19.6. The van der Waals surface area contributed by atoms with E-state index in [2.05, 4.69) is 17.6 Å². The molecule has 0 spiro atoms. The van der Waals surface area contributed by atoms with Crippen LogP contribution in [0.15, 0.2) is 18.3 Å². The van der Waals surface area contributed by atoms with Crippen LogP contribution in [0, 0.1) is 0 Å². The number of rotatable bonds is 13.